The number of rotatable bonds is 2. The fourth-order valence-electron chi connectivity index (χ4n) is 2.56. The van der Waals surface area contributed by atoms with E-state index in [0.29, 0.717) is 0 Å². The standard InChI is InChI=1S/C10H11ClFN3O4/c11-3-9-7(16)10(9,18)5(12)6(19-9)15-2-1-4(13)14-8(15)17/h1-2,5-7,16,18H,3H2,(H2,13,14,17)/t5-,6+,7?,9+,10-/m0/s1. The summed E-state index contributed by atoms with van der Waals surface area (Å²) in [7, 11) is 0. The number of aliphatic hydroxyl groups is 2. The molecule has 1 saturated heterocycles. The van der Waals surface area contributed by atoms with Crippen LogP contribution in [0.25, 0.3) is 0 Å². The minimum atomic E-state index is -2.10. The fourth-order valence-corrected chi connectivity index (χ4v) is 2.98. The highest BCUT2D eigenvalue weighted by Gasteiger charge is 2.87. The summed E-state index contributed by atoms with van der Waals surface area (Å²) in [5, 5.41) is 19.6. The molecular weight excluding hydrogens is 281 g/mol. The molecule has 1 aliphatic heterocycles. The van der Waals surface area contributed by atoms with E-state index < -0.39 is 35.4 Å². The third kappa shape index (κ3) is 1.32. The second-order valence-electron chi connectivity index (χ2n) is 4.70. The number of aromatic nitrogens is 2. The Morgan fingerprint density at radius 1 is 1.68 bits per heavy atom. The van der Waals surface area contributed by atoms with Crippen molar-refractivity contribution in [2.24, 2.45) is 0 Å². The molecule has 1 saturated carbocycles. The monoisotopic (exact) mass is 291 g/mol. The van der Waals surface area contributed by atoms with Crippen LogP contribution < -0.4 is 11.4 Å². The van der Waals surface area contributed by atoms with Crippen LogP contribution in [0.5, 0.6) is 0 Å². The number of aliphatic hydroxyl groups excluding tert-OH is 1. The van der Waals surface area contributed by atoms with Gasteiger partial charge in [0, 0.05) is 6.20 Å². The van der Waals surface area contributed by atoms with Crippen molar-refractivity contribution in [3.8, 4) is 0 Å². The lowest BCUT2D eigenvalue weighted by atomic mass is 10.1. The maximum Gasteiger partial charge on any atom is 0.351 e. The predicted molar refractivity (Wildman–Crippen MR) is 62.3 cm³/mol. The van der Waals surface area contributed by atoms with Crippen LogP contribution in [-0.4, -0.2) is 49.1 Å². The number of alkyl halides is 2. The van der Waals surface area contributed by atoms with Gasteiger partial charge in [0.25, 0.3) is 0 Å². The molecule has 1 aromatic rings. The molecule has 0 spiro atoms. The highest BCUT2D eigenvalue weighted by molar-refractivity contribution is 6.19. The molecule has 2 heterocycles. The Kier molecular flexibility index (Phi) is 2.47. The molecule has 1 aliphatic carbocycles. The minimum absolute atomic E-state index is 0.00869. The molecule has 4 N–H and O–H groups in total. The molecule has 19 heavy (non-hydrogen) atoms. The number of anilines is 1. The molecule has 7 nitrogen and oxygen atoms in total. The van der Waals surface area contributed by atoms with Gasteiger partial charge in [-0.25, -0.2) is 9.18 Å². The number of halogens is 2. The lowest BCUT2D eigenvalue weighted by molar-refractivity contribution is -0.0867. The van der Waals surface area contributed by atoms with Gasteiger partial charge < -0.3 is 20.7 Å². The minimum Gasteiger partial charge on any atom is -0.387 e. The Bertz CT molecular complexity index is 594. The first kappa shape index (κ1) is 12.8. The van der Waals surface area contributed by atoms with Gasteiger partial charge in [0.15, 0.2) is 18.0 Å². The molecule has 104 valence electrons. The number of ether oxygens (including phenoxy) is 1. The first-order valence-corrected chi connectivity index (χ1v) is 6.05. The predicted octanol–water partition coefficient (Wildman–Crippen LogP) is -1.22. The molecule has 5 atom stereocenters. The lowest BCUT2D eigenvalue weighted by Crippen LogP contribution is -2.38. The van der Waals surface area contributed by atoms with Crippen molar-refractivity contribution in [2.75, 3.05) is 11.6 Å². The van der Waals surface area contributed by atoms with Gasteiger partial charge in [0.2, 0.25) is 0 Å². The summed E-state index contributed by atoms with van der Waals surface area (Å²) < 4.78 is 20.4. The summed E-state index contributed by atoms with van der Waals surface area (Å²) in [6, 6.07) is 1.30. The van der Waals surface area contributed by atoms with Crippen molar-refractivity contribution in [2.45, 2.75) is 29.7 Å². The van der Waals surface area contributed by atoms with E-state index in [1.165, 1.54) is 12.3 Å². The van der Waals surface area contributed by atoms with Crippen LogP contribution in [0.3, 0.4) is 0 Å². The van der Waals surface area contributed by atoms with Crippen LogP contribution in [0.15, 0.2) is 17.1 Å². The van der Waals surface area contributed by atoms with E-state index in [1.54, 1.807) is 0 Å². The third-order valence-corrected chi connectivity index (χ3v) is 4.18. The molecule has 2 fully saturated rings. The molecule has 1 aromatic heterocycles. The number of nitrogen functional groups attached to an aromatic ring is 1. The maximum atomic E-state index is 14.2. The number of hydrogen-bond donors (Lipinski definition) is 3. The van der Waals surface area contributed by atoms with Gasteiger partial charge in [-0.1, -0.05) is 0 Å². The Hall–Kier alpha value is -1.22. The van der Waals surface area contributed by atoms with E-state index in [9.17, 15) is 19.4 Å². The van der Waals surface area contributed by atoms with Gasteiger partial charge in [0.1, 0.15) is 17.5 Å². The SMILES string of the molecule is Nc1ccn([C@@H]2O[C@]3(CCl)C(O)[C@@]3(O)[C@H]2F)c(=O)n1. The zero-order valence-corrected chi connectivity index (χ0v) is 10.3. The van der Waals surface area contributed by atoms with Gasteiger partial charge in [-0.05, 0) is 6.07 Å². The normalized spacial score (nSPS) is 44.1. The van der Waals surface area contributed by atoms with Crippen molar-refractivity contribution in [1.82, 2.24) is 9.55 Å². The van der Waals surface area contributed by atoms with Crippen LogP contribution in [0.2, 0.25) is 0 Å². The first-order valence-electron chi connectivity index (χ1n) is 5.51. The number of fused-ring (bicyclic) bond motifs is 1. The van der Waals surface area contributed by atoms with Crippen LogP contribution in [0, 0.1) is 0 Å². The third-order valence-electron chi connectivity index (χ3n) is 3.78. The van der Waals surface area contributed by atoms with Crippen LogP contribution in [-0.2, 0) is 4.74 Å². The van der Waals surface area contributed by atoms with Gasteiger partial charge in [-0.2, -0.15) is 4.98 Å². The zero-order chi connectivity index (χ0) is 14.0. The van der Waals surface area contributed by atoms with Crippen molar-refractivity contribution in [3.63, 3.8) is 0 Å². The van der Waals surface area contributed by atoms with Gasteiger partial charge in [0.05, 0.1) is 5.88 Å². The topological polar surface area (TPSA) is 111 Å². The smallest absolute Gasteiger partial charge is 0.351 e. The first-order chi connectivity index (χ1) is 8.88. The summed E-state index contributed by atoms with van der Waals surface area (Å²) in [6.07, 6.45) is -3.59. The molecule has 3 rings (SSSR count). The zero-order valence-electron chi connectivity index (χ0n) is 9.53. The second-order valence-corrected chi connectivity index (χ2v) is 4.97. The average molecular weight is 292 g/mol. The second kappa shape index (κ2) is 3.66. The van der Waals surface area contributed by atoms with E-state index >= 15 is 0 Å². The fraction of sp³-hybridized carbons (Fsp3) is 0.600. The van der Waals surface area contributed by atoms with Crippen LogP contribution >= 0.6 is 11.6 Å². The van der Waals surface area contributed by atoms with E-state index in [-0.39, 0.29) is 11.7 Å². The van der Waals surface area contributed by atoms with Crippen molar-refractivity contribution < 1.29 is 19.3 Å². The molecule has 0 bridgehead atoms. The Morgan fingerprint density at radius 3 is 2.89 bits per heavy atom. The largest absolute Gasteiger partial charge is 0.387 e. The summed E-state index contributed by atoms with van der Waals surface area (Å²) >= 11 is 5.62. The highest BCUT2D eigenvalue weighted by atomic mass is 35.5. The molecule has 1 unspecified atom stereocenters. The Morgan fingerprint density at radius 2 is 2.37 bits per heavy atom. The lowest BCUT2D eigenvalue weighted by Gasteiger charge is -2.21. The van der Waals surface area contributed by atoms with Crippen molar-refractivity contribution >= 4 is 17.4 Å². The number of nitrogens with two attached hydrogens (primary N) is 1. The van der Waals surface area contributed by atoms with Gasteiger partial charge in [-0.3, -0.25) is 4.57 Å². The Labute approximate surface area is 111 Å². The molecule has 9 heteroatoms. The quantitative estimate of drug-likeness (QED) is 0.589. The van der Waals surface area contributed by atoms with Crippen LogP contribution in [0.1, 0.15) is 6.23 Å². The summed E-state index contributed by atoms with van der Waals surface area (Å²) in [5.74, 6) is -0.302. The average Bonchev–Trinajstić information content (AvgIpc) is 2.73. The molecule has 0 amide bonds. The highest BCUT2D eigenvalue weighted by Crippen LogP contribution is 2.63. The van der Waals surface area contributed by atoms with Crippen molar-refractivity contribution in [1.29, 1.82) is 0 Å². The van der Waals surface area contributed by atoms with Gasteiger partial charge in [-0.15, -0.1) is 11.6 Å². The molecule has 0 radical (unpaired) electrons. The molecule has 2 aliphatic rings. The number of nitrogens with zero attached hydrogens (tertiary/aromatic N) is 2. The van der Waals surface area contributed by atoms with E-state index in [0.717, 1.165) is 4.57 Å². The van der Waals surface area contributed by atoms with Crippen LogP contribution in [0.4, 0.5) is 10.2 Å². The van der Waals surface area contributed by atoms with Crippen molar-refractivity contribution in [3.05, 3.63) is 22.7 Å². The summed E-state index contributed by atoms with van der Waals surface area (Å²) in [5.41, 5.74) is 0.838. The molecule has 0 aromatic carbocycles. The summed E-state index contributed by atoms with van der Waals surface area (Å²) in [6.45, 7) is 0. The van der Waals surface area contributed by atoms with E-state index in [1.807, 2.05) is 0 Å². The molecular formula is C10H11ClFN3O4. The van der Waals surface area contributed by atoms with E-state index in [4.69, 9.17) is 22.1 Å². The number of hydrogen-bond acceptors (Lipinski definition) is 6. The van der Waals surface area contributed by atoms with Gasteiger partial charge >= 0.3 is 5.69 Å². The summed E-state index contributed by atoms with van der Waals surface area (Å²) in [4.78, 5) is 15.1. The Balaban J connectivity index is 2.00. The van der Waals surface area contributed by atoms with E-state index in [2.05, 4.69) is 4.98 Å². The maximum absolute atomic E-state index is 14.2.